The quantitative estimate of drug-likeness (QED) is 0.645. The van der Waals surface area contributed by atoms with Gasteiger partial charge in [0.1, 0.15) is 6.04 Å². The molecule has 0 radical (unpaired) electrons. The lowest BCUT2D eigenvalue weighted by atomic mass is 10.0. The summed E-state index contributed by atoms with van der Waals surface area (Å²) in [4.78, 5) is 17.2. The first-order chi connectivity index (χ1) is 13.9. The molecule has 3 aromatic rings. The van der Waals surface area contributed by atoms with Gasteiger partial charge in [0, 0.05) is 53.9 Å². The minimum absolute atomic E-state index is 0.226. The Balaban J connectivity index is 1.57. The van der Waals surface area contributed by atoms with Crippen LogP contribution in [-0.2, 0) is 14.8 Å². The molecule has 0 amide bonds. The zero-order chi connectivity index (χ0) is 20.6. The van der Waals surface area contributed by atoms with E-state index in [4.69, 9.17) is 11.6 Å². The number of nitrogens with zero attached hydrogens (tertiary/aromatic N) is 2. The first-order valence-corrected chi connectivity index (χ1v) is 11.0. The Bertz CT molecular complexity index is 1140. The molecule has 152 valence electrons. The van der Waals surface area contributed by atoms with Crippen molar-refractivity contribution in [3.63, 3.8) is 0 Å². The summed E-state index contributed by atoms with van der Waals surface area (Å²) < 4.78 is 27.0. The van der Waals surface area contributed by atoms with Crippen LogP contribution < -0.4 is 0 Å². The zero-order valence-electron chi connectivity index (χ0n) is 15.5. The molecule has 1 saturated heterocycles. The standard InChI is InChI=1S/C20H20ClN3O4S/c21-14-6-7-18-16(12-14)17(13-22-18)19(20(25)26)23-8-10-24(11-9-23)29(27,28)15-4-2-1-3-5-15/h1-7,12-13,19,22H,8-11H2,(H,25,26). The summed E-state index contributed by atoms with van der Waals surface area (Å²) in [5.41, 5.74) is 1.43. The summed E-state index contributed by atoms with van der Waals surface area (Å²) in [6, 6.07) is 12.7. The number of hydrogen-bond donors (Lipinski definition) is 2. The lowest BCUT2D eigenvalue weighted by Gasteiger charge is -2.37. The number of fused-ring (bicyclic) bond motifs is 1. The second kappa shape index (κ2) is 7.79. The van der Waals surface area contributed by atoms with E-state index in [1.54, 1.807) is 53.6 Å². The molecule has 9 heteroatoms. The van der Waals surface area contributed by atoms with Crippen LogP contribution in [0, 0.1) is 0 Å². The van der Waals surface area contributed by atoms with Gasteiger partial charge in [-0.1, -0.05) is 29.8 Å². The van der Waals surface area contributed by atoms with Gasteiger partial charge in [-0.05, 0) is 30.3 Å². The third-order valence-corrected chi connectivity index (χ3v) is 7.37. The molecule has 1 atom stereocenters. The van der Waals surface area contributed by atoms with Crippen molar-refractivity contribution in [2.75, 3.05) is 26.2 Å². The molecular weight excluding hydrogens is 414 g/mol. The number of H-pyrrole nitrogens is 1. The van der Waals surface area contributed by atoms with E-state index in [-0.39, 0.29) is 18.0 Å². The Morgan fingerprint density at radius 1 is 1.07 bits per heavy atom. The van der Waals surface area contributed by atoms with E-state index >= 15 is 0 Å². The van der Waals surface area contributed by atoms with Gasteiger partial charge >= 0.3 is 5.97 Å². The summed E-state index contributed by atoms with van der Waals surface area (Å²) in [6.45, 7) is 1.08. The molecule has 1 aliphatic heterocycles. The average molecular weight is 434 g/mol. The number of rotatable bonds is 5. The third-order valence-electron chi connectivity index (χ3n) is 5.22. The number of aromatic amines is 1. The second-order valence-corrected chi connectivity index (χ2v) is 9.30. The molecule has 2 aromatic carbocycles. The zero-order valence-corrected chi connectivity index (χ0v) is 17.0. The molecule has 0 bridgehead atoms. The molecular formula is C20H20ClN3O4S. The van der Waals surface area contributed by atoms with E-state index in [2.05, 4.69) is 4.98 Å². The fourth-order valence-corrected chi connectivity index (χ4v) is 5.39. The Morgan fingerprint density at radius 3 is 2.41 bits per heavy atom. The van der Waals surface area contributed by atoms with E-state index in [0.29, 0.717) is 23.7 Å². The summed E-state index contributed by atoms with van der Waals surface area (Å²) in [5.74, 6) is -0.981. The van der Waals surface area contributed by atoms with E-state index in [1.807, 2.05) is 6.07 Å². The smallest absolute Gasteiger partial charge is 0.325 e. The maximum absolute atomic E-state index is 12.8. The number of aromatic nitrogens is 1. The van der Waals surface area contributed by atoms with Gasteiger partial charge < -0.3 is 10.1 Å². The Labute approximate surface area is 173 Å². The van der Waals surface area contributed by atoms with Crippen LogP contribution in [0.1, 0.15) is 11.6 Å². The highest BCUT2D eigenvalue weighted by Crippen LogP contribution is 2.31. The topological polar surface area (TPSA) is 93.7 Å². The predicted molar refractivity (Wildman–Crippen MR) is 110 cm³/mol. The minimum Gasteiger partial charge on any atom is -0.480 e. The van der Waals surface area contributed by atoms with E-state index in [1.165, 1.54) is 4.31 Å². The van der Waals surface area contributed by atoms with Crippen LogP contribution in [-0.4, -0.2) is 59.9 Å². The SMILES string of the molecule is O=C(O)C(c1c[nH]c2ccc(Cl)cc12)N1CCN(S(=O)(=O)c2ccccc2)CC1. The maximum Gasteiger partial charge on any atom is 0.325 e. The van der Waals surface area contributed by atoms with Gasteiger partial charge in [-0.25, -0.2) is 8.42 Å². The molecule has 2 heterocycles. The van der Waals surface area contributed by atoms with Crippen LogP contribution in [0.2, 0.25) is 5.02 Å². The highest BCUT2D eigenvalue weighted by Gasteiger charge is 2.35. The van der Waals surface area contributed by atoms with Crippen molar-refractivity contribution in [3.8, 4) is 0 Å². The van der Waals surface area contributed by atoms with Crippen LogP contribution in [0.15, 0.2) is 59.6 Å². The Morgan fingerprint density at radius 2 is 1.76 bits per heavy atom. The third kappa shape index (κ3) is 3.76. The highest BCUT2D eigenvalue weighted by molar-refractivity contribution is 7.89. The van der Waals surface area contributed by atoms with Crippen LogP contribution in [0.25, 0.3) is 10.9 Å². The van der Waals surface area contributed by atoms with Gasteiger partial charge in [-0.3, -0.25) is 9.69 Å². The van der Waals surface area contributed by atoms with Crippen LogP contribution in [0.3, 0.4) is 0 Å². The molecule has 29 heavy (non-hydrogen) atoms. The number of nitrogens with one attached hydrogen (secondary N) is 1. The van der Waals surface area contributed by atoms with Gasteiger partial charge in [0.2, 0.25) is 10.0 Å². The number of hydrogen-bond acceptors (Lipinski definition) is 4. The van der Waals surface area contributed by atoms with E-state index < -0.39 is 22.0 Å². The van der Waals surface area contributed by atoms with Crippen molar-refractivity contribution in [1.82, 2.24) is 14.2 Å². The molecule has 7 nitrogen and oxygen atoms in total. The minimum atomic E-state index is -3.59. The number of sulfonamides is 1. The summed E-state index contributed by atoms with van der Waals surface area (Å²) in [5, 5.41) is 11.2. The van der Waals surface area contributed by atoms with Gasteiger partial charge in [0.25, 0.3) is 0 Å². The molecule has 0 aliphatic carbocycles. The maximum atomic E-state index is 12.8. The monoisotopic (exact) mass is 433 g/mol. The number of halogens is 1. The van der Waals surface area contributed by atoms with Crippen molar-refractivity contribution in [2.45, 2.75) is 10.9 Å². The van der Waals surface area contributed by atoms with Crippen molar-refractivity contribution >= 4 is 38.5 Å². The van der Waals surface area contributed by atoms with Crippen molar-refractivity contribution in [1.29, 1.82) is 0 Å². The number of piperazine rings is 1. The first-order valence-electron chi connectivity index (χ1n) is 9.16. The lowest BCUT2D eigenvalue weighted by molar-refractivity contribution is -0.144. The Kier molecular flexibility index (Phi) is 5.35. The molecule has 2 N–H and O–H groups in total. The number of benzene rings is 2. The molecule has 0 saturated carbocycles. The predicted octanol–water partition coefficient (Wildman–Crippen LogP) is 2.95. The number of carbonyl (C=O) groups is 1. The van der Waals surface area contributed by atoms with Gasteiger partial charge in [0.05, 0.1) is 4.90 Å². The highest BCUT2D eigenvalue weighted by atomic mass is 35.5. The fraction of sp³-hybridized carbons (Fsp3) is 0.250. The molecule has 1 aliphatic rings. The van der Waals surface area contributed by atoms with E-state index in [0.717, 1.165) is 10.9 Å². The second-order valence-electron chi connectivity index (χ2n) is 6.93. The average Bonchev–Trinajstić information content (AvgIpc) is 3.12. The van der Waals surface area contributed by atoms with Gasteiger partial charge in [-0.15, -0.1) is 0 Å². The van der Waals surface area contributed by atoms with Gasteiger partial charge in [0.15, 0.2) is 0 Å². The number of aliphatic carboxylic acids is 1. The van der Waals surface area contributed by atoms with Crippen LogP contribution in [0.4, 0.5) is 0 Å². The number of carboxylic acids is 1. The van der Waals surface area contributed by atoms with Crippen LogP contribution in [0.5, 0.6) is 0 Å². The Hall–Kier alpha value is -2.39. The van der Waals surface area contributed by atoms with Crippen molar-refractivity contribution < 1.29 is 18.3 Å². The van der Waals surface area contributed by atoms with Crippen molar-refractivity contribution in [3.05, 3.63) is 65.3 Å². The summed E-state index contributed by atoms with van der Waals surface area (Å²) in [6.07, 6.45) is 1.69. The largest absolute Gasteiger partial charge is 0.480 e. The van der Waals surface area contributed by atoms with Gasteiger partial charge in [-0.2, -0.15) is 4.31 Å². The van der Waals surface area contributed by atoms with Crippen LogP contribution >= 0.6 is 11.6 Å². The summed E-state index contributed by atoms with van der Waals surface area (Å²) in [7, 11) is -3.59. The molecule has 1 aromatic heterocycles. The molecule has 4 rings (SSSR count). The molecule has 1 unspecified atom stereocenters. The first kappa shape index (κ1) is 19.9. The molecule has 1 fully saturated rings. The van der Waals surface area contributed by atoms with Crippen molar-refractivity contribution in [2.24, 2.45) is 0 Å². The number of carboxylic acid groups (broad SMARTS) is 1. The normalized spacial score (nSPS) is 17.4. The lowest BCUT2D eigenvalue weighted by Crippen LogP contribution is -2.50. The molecule has 0 spiro atoms. The summed E-state index contributed by atoms with van der Waals surface area (Å²) >= 11 is 6.10. The van der Waals surface area contributed by atoms with E-state index in [9.17, 15) is 18.3 Å². The fourth-order valence-electron chi connectivity index (χ4n) is 3.77.